The average molecular weight is 341 g/mol. The van der Waals surface area contributed by atoms with Crippen LogP contribution >= 0.6 is 11.6 Å². The van der Waals surface area contributed by atoms with E-state index in [2.05, 4.69) is 5.43 Å². The summed E-state index contributed by atoms with van der Waals surface area (Å²) in [4.78, 5) is 23.8. The largest absolute Gasteiger partial charge is 0.496 e. The number of halogens is 3. The third-order valence-corrected chi connectivity index (χ3v) is 3.11. The fourth-order valence-corrected chi connectivity index (χ4v) is 1.95. The zero-order valence-electron chi connectivity index (χ0n) is 11.8. The molecule has 0 fully saturated rings. The predicted octanol–water partition coefficient (Wildman–Crippen LogP) is 2.70. The van der Waals surface area contributed by atoms with Gasteiger partial charge in [0.25, 0.3) is 11.8 Å². The number of methoxy groups -OCH3 is 1. The van der Waals surface area contributed by atoms with Gasteiger partial charge in [-0.2, -0.15) is 0 Å². The van der Waals surface area contributed by atoms with Gasteiger partial charge in [0.1, 0.15) is 17.4 Å². The van der Waals surface area contributed by atoms with Gasteiger partial charge in [0.05, 0.1) is 18.2 Å². The number of nitrogens with one attached hydrogen (secondary N) is 2. The Balaban J connectivity index is 2.10. The van der Waals surface area contributed by atoms with Crippen LogP contribution in [0.5, 0.6) is 5.75 Å². The smallest absolute Gasteiger partial charge is 0.273 e. The molecule has 0 heterocycles. The second-order valence-corrected chi connectivity index (χ2v) is 4.81. The predicted molar refractivity (Wildman–Crippen MR) is 79.3 cm³/mol. The van der Waals surface area contributed by atoms with E-state index in [9.17, 15) is 18.4 Å². The Morgan fingerprint density at radius 1 is 1.00 bits per heavy atom. The van der Waals surface area contributed by atoms with E-state index in [4.69, 9.17) is 16.3 Å². The summed E-state index contributed by atoms with van der Waals surface area (Å²) in [6.07, 6.45) is 0. The van der Waals surface area contributed by atoms with E-state index >= 15 is 0 Å². The molecule has 2 aromatic rings. The van der Waals surface area contributed by atoms with Crippen LogP contribution in [0.2, 0.25) is 5.02 Å². The number of hydrogen-bond donors (Lipinski definition) is 2. The van der Waals surface area contributed by atoms with Crippen molar-refractivity contribution in [3.8, 4) is 5.75 Å². The van der Waals surface area contributed by atoms with Crippen LogP contribution < -0.4 is 15.6 Å². The van der Waals surface area contributed by atoms with E-state index in [1.165, 1.54) is 25.3 Å². The average Bonchev–Trinajstić information content (AvgIpc) is 2.52. The standard InChI is InChI=1S/C15H11ClF2N2O3/c1-23-13-5-2-8(16)6-11(13)15(22)20-19-14(21)10-4-3-9(17)7-12(10)18/h2-7H,1H3,(H,19,21)(H,20,22). The molecule has 5 nitrogen and oxygen atoms in total. The Labute approximate surface area is 135 Å². The van der Waals surface area contributed by atoms with Crippen LogP contribution in [-0.2, 0) is 0 Å². The first-order chi connectivity index (χ1) is 10.9. The van der Waals surface area contributed by atoms with Crippen LogP contribution in [0.25, 0.3) is 0 Å². The summed E-state index contributed by atoms with van der Waals surface area (Å²) in [6.45, 7) is 0. The number of benzene rings is 2. The molecule has 2 N–H and O–H groups in total. The molecule has 2 rings (SSSR count). The lowest BCUT2D eigenvalue weighted by atomic mass is 10.2. The molecule has 2 aromatic carbocycles. The molecular formula is C15H11ClF2N2O3. The second-order valence-electron chi connectivity index (χ2n) is 4.38. The molecule has 8 heteroatoms. The molecule has 0 atom stereocenters. The highest BCUT2D eigenvalue weighted by molar-refractivity contribution is 6.31. The second kappa shape index (κ2) is 7.06. The van der Waals surface area contributed by atoms with Crippen molar-refractivity contribution in [2.45, 2.75) is 0 Å². The molecule has 120 valence electrons. The Bertz CT molecular complexity index is 768. The minimum atomic E-state index is -1.04. The number of ether oxygens (including phenoxy) is 1. The summed E-state index contributed by atoms with van der Waals surface area (Å²) >= 11 is 5.80. The lowest BCUT2D eigenvalue weighted by molar-refractivity contribution is 0.0842. The van der Waals surface area contributed by atoms with Crippen LogP contribution in [0.1, 0.15) is 20.7 Å². The van der Waals surface area contributed by atoms with Gasteiger partial charge in [0, 0.05) is 11.1 Å². The molecule has 0 aliphatic rings. The third-order valence-electron chi connectivity index (χ3n) is 2.87. The van der Waals surface area contributed by atoms with Crippen LogP contribution in [0, 0.1) is 11.6 Å². The van der Waals surface area contributed by atoms with E-state index in [1.54, 1.807) is 0 Å². The maximum absolute atomic E-state index is 13.5. The summed E-state index contributed by atoms with van der Waals surface area (Å²) in [5, 5.41) is 0.298. The number of carbonyl (C=O) groups excluding carboxylic acids is 2. The quantitative estimate of drug-likeness (QED) is 0.844. The van der Waals surface area contributed by atoms with Crippen molar-refractivity contribution in [3.05, 3.63) is 64.2 Å². The highest BCUT2D eigenvalue weighted by Gasteiger charge is 2.16. The Hall–Kier alpha value is -2.67. The summed E-state index contributed by atoms with van der Waals surface area (Å²) in [5.41, 5.74) is 3.80. The molecule has 0 aliphatic heterocycles. The summed E-state index contributed by atoms with van der Waals surface area (Å²) in [6, 6.07) is 6.82. The number of amides is 2. The first-order valence-corrected chi connectivity index (χ1v) is 6.69. The Morgan fingerprint density at radius 3 is 2.26 bits per heavy atom. The molecule has 0 radical (unpaired) electrons. The number of carbonyl (C=O) groups is 2. The van der Waals surface area contributed by atoms with Gasteiger partial charge in [-0.3, -0.25) is 20.4 Å². The number of hydrogen-bond acceptors (Lipinski definition) is 3. The minimum Gasteiger partial charge on any atom is -0.496 e. The summed E-state index contributed by atoms with van der Waals surface area (Å²) < 4.78 is 31.3. The first kappa shape index (κ1) is 16.7. The fraction of sp³-hybridized carbons (Fsp3) is 0.0667. The van der Waals surface area contributed by atoms with E-state index < -0.39 is 29.0 Å². The zero-order chi connectivity index (χ0) is 17.0. The molecule has 0 saturated heterocycles. The summed E-state index contributed by atoms with van der Waals surface area (Å²) in [5.74, 6) is -3.25. The molecule has 0 aromatic heterocycles. The molecule has 23 heavy (non-hydrogen) atoms. The van der Waals surface area contributed by atoms with Crippen molar-refractivity contribution in [1.29, 1.82) is 0 Å². The zero-order valence-corrected chi connectivity index (χ0v) is 12.6. The van der Waals surface area contributed by atoms with E-state index in [0.29, 0.717) is 11.1 Å². The number of hydrazine groups is 1. The van der Waals surface area contributed by atoms with Crippen molar-refractivity contribution in [2.24, 2.45) is 0 Å². The van der Waals surface area contributed by atoms with E-state index in [1.807, 2.05) is 5.43 Å². The van der Waals surface area contributed by atoms with Gasteiger partial charge in [0.2, 0.25) is 0 Å². The Kier molecular flexibility index (Phi) is 5.13. The van der Waals surface area contributed by atoms with Crippen molar-refractivity contribution in [3.63, 3.8) is 0 Å². The van der Waals surface area contributed by atoms with Crippen LogP contribution in [0.15, 0.2) is 36.4 Å². The van der Waals surface area contributed by atoms with Crippen LogP contribution in [0.4, 0.5) is 8.78 Å². The van der Waals surface area contributed by atoms with E-state index in [-0.39, 0.29) is 11.3 Å². The van der Waals surface area contributed by atoms with Gasteiger partial charge in [-0.15, -0.1) is 0 Å². The molecule has 0 bridgehead atoms. The van der Waals surface area contributed by atoms with Crippen molar-refractivity contribution in [1.82, 2.24) is 10.9 Å². The van der Waals surface area contributed by atoms with Crippen molar-refractivity contribution in [2.75, 3.05) is 7.11 Å². The van der Waals surface area contributed by atoms with Crippen molar-refractivity contribution < 1.29 is 23.1 Å². The fourth-order valence-electron chi connectivity index (χ4n) is 1.78. The molecule has 2 amide bonds. The highest BCUT2D eigenvalue weighted by atomic mass is 35.5. The molecular weight excluding hydrogens is 330 g/mol. The van der Waals surface area contributed by atoms with Gasteiger partial charge >= 0.3 is 0 Å². The van der Waals surface area contributed by atoms with Gasteiger partial charge in [-0.25, -0.2) is 8.78 Å². The first-order valence-electron chi connectivity index (χ1n) is 6.31. The minimum absolute atomic E-state index is 0.0832. The van der Waals surface area contributed by atoms with Crippen LogP contribution in [-0.4, -0.2) is 18.9 Å². The highest BCUT2D eigenvalue weighted by Crippen LogP contribution is 2.22. The van der Waals surface area contributed by atoms with Gasteiger partial charge in [-0.1, -0.05) is 11.6 Å². The topological polar surface area (TPSA) is 67.4 Å². The van der Waals surface area contributed by atoms with E-state index in [0.717, 1.165) is 12.1 Å². The molecule has 0 spiro atoms. The normalized spacial score (nSPS) is 10.1. The maximum atomic E-state index is 13.5. The molecule has 0 saturated carbocycles. The lowest BCUT2D eigenvalue weighted by Crippen LogP contribution is -2.42. The molecule has 0 aliphatic carbocycles. The third kappa shape index (κ3) is 3.95. The van der Waals surface area contributed by atoms with Gasteiger partial charge in [-0.05, 0) is 30.3 Å². The molecule has 0 unspecified atom stereocenters. The van der Waals surface area contributed by atoms with Crippen LogP contribution in [0.3, 0.4) is 0 Å². The monoisotopic (exact) mass is 340 g/mol. The maximum Gasteiger partial charge on any atom is 0.273 e. The van der Waals surface area contributed by atoms with Crippen molar-refractivity contribution >= 4 is 23.4 Å². The van der Waals surface area contributed by atoms with Gasteiger partial charge < -0.3 is 4.74 Å². The lowest BCUT2D eigenvalue weighted by Gasteiger charge is -2.11. The Morgan fingerprint density at radius 2 is 1.65 bits per heavy atom. The summed E-state index contributed by atoms with van der Waals surface area (Å²) in [7, 11) is 1.37. The number of rotatable bonds is 3. The SMILES string of the molecule is COc1ccc(Cl)cc1C(=O)NNC(=O)c1ccc(F)cc1F. The van der Waals surface area contributed by atoms with Gasteiger partial charge in [0.15, 0.2) is 0 Å².